The molecule has 0 unspecified atom stereocenters. The van der Waals surface area contributed by atoms with Crippen LogP contribution in [-0.2, 0) is 16.0 Å². The molecule has 6 heteroatoms. The summed E-state index contributed by atoms with van der Waals surface area (Å²) in [5.74, 6) is -0.334. The molecule has 1 atom stereocenters. The lowest BCUT2D eigenvalue weighted by atomic mass is 10.2. The van der Waals surface area contributed by atoms with Crippen LogP contribution < -0.4 is 10.6 Å². The van der Waals surface area contributed by atoms with Crippen molar-refractivity contribution in [3.63, 3.8) is 0 Å². The highest BCUT2D eigenvalue weighted by molar-refractivity contribution is 8.15. The maximum absolute atomic E-state index is 12.2. The Bertz CT molecular complexity index is 804. The van der Waals surface area contributed by atoms with Crippen molar-refractivity contribution in [2.24, 2.45) is 4.99 Å². The van der Waals surface area contributed by atoms with Gasteiger partial charge in [-0.05, 0) is 31.0 Å². The first kappa shape index (κ1) is 18.2. The van der Waals surface area contributed by atoms with Crippen LogP contribution in [0.4, 0.5) is 5.69 Å². The molecular weight excluding hydrogens is 346 g/mol. The smallest absolute Gasteiger partial charge is 0.240 e. The molecule has 0 saturated carbocycles. The number of aryl methyl sites for hydroxylation is 1. The number of nitrogens with zero attached hydrogens (tertiary/aromatic N) is 1. The molecule has 0 radical (unpaired) electrons. The molecule has 1 saturated heterocycles. The van der Waals surface area contributed by atoms with Crippen molar-refractivity contribution in [3.8, 4) is 0 Å². The second-order valence-electron chi connectivity index (χ2n) is 6.14. The molecule has 26 heavy (non-hydrogen) atoms. The van der Waals surface area contributed by atoms with Crippen LogP contribution in [0, 0.1) is 6.92 Å². The van der Waals surface area contributed by atoms with Gasteiger partial charge in [0.25, 0.3) is 0 Å². The second-order valence-corrected chi connectivity index (χ2v) is 7.33. The van der Waals surface area contributed by atoms with Gasteiger partial charge in [-0.3, -0.25) is 14.6 Å². The SMILES string of the molecule is Cc1ccc(NC(=O)C[C@H]2SC(=NCCc3ccccc3)NC2=O)cc1. The van der Waals surface area contributed by atoms with E-state index in [1.807, 2.05) is 49.4 Å². The van der Waals surface area contributed by atoms with E-state index in [9.17, 15) is 9.59 Å². The number of aliphatic imine (C=N–C) groups is 1. The average molecular weight is 367 g/mol. The Balaban J connectivity index is 1.48. The number of carbonyl (C=O) groups excluding carboxylic acids is 2. The lowest BCUT2D eigenvalue weighted by Crippen LogP contribution is -2.28. The van der Waals surface area contributed by atoms with Crippen LogP contribution in [0.3, 0.4) is 0 Å². The highest BCUT2D eigenvalue weighted by Crippen LogP contribution is 2.23. The number of amidine groups is 1. The van der Waals surface area contributed by atoms with Gasteiger partial charge < -0.3 is 10.6 Å². The van der Waals surface area contributed by atoms with Gasteiger partial charge in [-0.25, -0.2) is 0 Å². The van der Waals surface area contributed by atoms with Crippen molar-refractivity contribution in [1.82, 2.24) is 5.32 Å². The molecular formula is C20H21N3O2S. The van der Waals surface area contributed by atoms with E-state index in [2.05, 4.69) is 27.8 Å². The largest absolute Gasteiger partial charge is 0.326 e. The third kappa shape index (κ3) is 5.20. The summed E-state index contributed by atoms with van der Waals surface area (Å²) in [5, 5.41) is 5.75. The molecule has 1 aliphatic rings. The van der Waals surface area contributed by atoms with Gasteiger partial charge in [0.2, 0.25) is 11.8 Å². The minimum atomic E-state index is -0.434. The van der Waals surface area contributed by atoms with Gasteiger partial charge in [0.05, 0.1) is 0 Å². The monoisotopic (exact) mass is 367 g/mol. The number of benzene rings is 2. The predicted octanol–water partition coefficient (Wildman–Crippen LogP) is 3.15. The molecule has 1 heterocycles. The molecule has 2 amide bonds. The molecule has 2 aromatic rings. The van der Waals surface area contributed by atoms with Crippen LogP contribution in [0.25, 0.3) is 0 Å². The van der Waals surface area contributed by atoms with E-state index in [1.165, 1.54) is 17.3 Å². The minimum absolute atomic E-state index is 0.127. The molecule has 2 aromatic carbocycles. The van der Waals surface area contributed by atoms with Crippen molar-refractivity contribution in [3.05, 3.63) is 65.7 Å². The number of anilines is 1. The molecule has 0 spiro atoms. The highest BCUT2D eigenvalue weighted by atomic mass is 32.2. The van der Waals surface area contributed by atoms with Gasteiger partial charge in [-0.1, -0.05) is 59.8 Å². The number of amides is 2. The van der Waals surface area contributed by atoms with E-state index in [1.54, 1.807) is 0 Å². The quantitative estimate of drug-likeness (QED) is 0.824. The summed E-state index contributed by atoms with van der Waals surface area (Å²) in [6.07, 6.45) is 0.946. The molecule has 0 aliphatic carbocycles. The highest BCUT2D eigenvalue weighted by Gasteiger charge is 2.31. The summed E-state index contributed by atoms with van der Waals surface area (Å²) in [6.45, 7) is 2.60. The number of hydrogen-bond donors (Lipinski definition) is 2. The Morgan fingerprint density at radius 1 is 1.15 bits per heavy atom. The Labute approximate surface area is 157 Å². The normalized spacial score (nSPS) is 18.0. The molecule has 134 valence electrons. The zero-order chi connectivity index (χ0) is 18.4. The molecule has 3 rings (SSSR count). The number of nitrogens with one attached hydrogen (secondary N) is 2. The first-order valence-corrected chi connectivity index (χ1v) is 9.40. The zero-order valence-corrected chi connectivity index (χ0v) is 15.4. The maximum atomic E-state index is 12.2. The Morgan fingerprint density at radius 2 is 1.88 bits per heavy atom. The Morgan fingerprint density at radius 3 is 2.62 bits per heavy atom. The number of hydrogen-bond acceptors (Lipinski definition) is 4. The summed E-state index contributed by atoms with van der Waals surface area (Å²) in [5.41, 5.74) is 3.08. The van der Waals surface area contributed by atoms with Gasteiger partial charge >= 0.3 is 0 Å². The molecule has 1 aliphatic heterocycles. The van der Waals surface area contributed by atoms with Crippen molar-refractivity contribution >= 4 is 34.4 Å². The maximum Gasteiger partial charge on any atom is 0.240 e. The van der Waals surface area contributed by atoms with Gasteiger partial charge in [-0.15, -0.1) is 0 Å². The van der Waals surface area contributed by atoms with Gasteiger partial charge in [0.1, 0.15) is 5.25 Å². The van der Waals surface area contributed by atoms with Crippen LogP contribution in [0.2, 0.25) is 0 Å². The number of rotatable bonds is 6. The van der Waals surface area contributed by atoms with E-state index in [4.69, 9.17) is 0 Å². The first-order valence-electron chi connectivity index (χ1n) is 8.52. The van der Waals surface area contributed by atoms with Crippen molar-refractivity contribution in [1.29, 1.82) is 0 Å². The van der Waals surface area contributed by atoms with E-state index in [0.29, 0.717) is 11.7 Å². The second kappa shape index (κ2) is 8.67. The molecule has 2 N–H and O–H groups in total. The van der Waals surface area contributed by atoms with Crippen LogP contribution in [0.1, 0.15) is 17.5 Å². The Kier molecular flexibility index (Phi) is 6.07. The Hall–Kier alpha value is -2.60. The van der Waals surface area contributed by atoms with E-state index >= 15 is 0 Å². The lowest BCUT2D eigenvalue weighted by Gasteiger charge is -2.07. The molecule has 0 aromatic heterocycles. The third-order valence-corrected chi connectivity index (χ3v) is 5.10. The fourth-order valence-electron chi connectivity index (χ4n) is 2.56. The number of thioether (sulfide) groups is 1. The van der Waals surface area contributed by atoms with Crippen molar-refractivity contribution in [2.45, 2.75) is 25.0 Å². The average Bonchev–Trinajstić information content (AvgIpc) is 2.97. The van der Waals surface area contributed by atoms with Gasteiger partial charge in [-0.2, -0.15) is 0 Å². The van der Waals surface area contributed by atoms with Gasteiger partial charge in [0, 0.05) is 18.7 Å². The minimum Gasteiger partial charge on any atom is -0.326 e. The molecule has 0 bridgehead atoms. The summed E-state index contributed by atoms with van der Waals surface area (Å²) in [7, 11) is 0. The molecule has 5 nitrogen and oxygen atoms in total. The fraction of sp³-hybridized carbons (Fsp3) is 0.250. The summed E-state index contributed by atoms with van der Waals surface area (Å²) in [6, 6.07) is 17.7. The topological polar surface area (TPSA) is 70.6 Å². The summed E-state index contributed by atoms with van der Waals surface area (Å²) < 4.78 is 0. The van der Waals surface area contributed by atoms with Crippen molar-refractivity contribution in [2.75, 3.05) is 11.9 Å². The van der Waals surface area contributed by atoms with E-state index in [-0.39, 0.29) is 18.2 Å². The van der Waals surface area contributed by atoms with Crippen LogP contribution >= 0.6 is 11.8 Å². The van der Waals surface area contributed by atoms with Crippen LogP contribution in [0.5, 0.6) is 0 Å². The fourth-order valence-corrected chi connectivity index (χ4v) is 3.56. The van der Waals surface area contributed by atoms with Crippen molar-refractivity contribution < 1.29 is 9.59 Å². The molecule has 1 fully saturated rings. The standard InChI is InChI=1S/C20H21N3O2S/c1-14-7-9-16(10-8-14)22-18(24)13-17-19(25)23-20(26-17)21-12-11-15-5-3-2-4-6-15/h2-10,17H,11-13H2,1H3,(H,22,24)(H,21,23,25)/t17-/m1/s1. The van der Waals surface area contributed by atoms with Crippen LogP contribution in [0.15, 0.2) is 59.6 Å². The van der Waals surface area contributed by atoms with Crippen LogP contribution in [-0.4, -0.2) is 28.8 Å². The first-order chi connectivity index (χ1) is 12.6. The zero-order valence-electron chi connectivity index (χ0n) is 14.6. The lowest BCUT2D eigenvalue weighted by molar-refractivity contribution is -0.122. The third-order valence-electron chi connectivity index (χ3n) is 3.98. The van der Waals surface area contributed by atoms with E-state index in [0.717, 1.165) is 17.7 Å². The van der Waals surface area contributed by atoms with E-state index < -0.39 is 5.25 Å². The summed E-state index contributed by atoms with van der Waals surface area (Å²) >= 11 is 1.32. The van der Waals surface area contributed by atoms with Gasteiger partial charge in [0.15, 0.2) is 5.17 Å². The summed E-state index contributed by atoms with van der Waals surface area (Å²) in [4.78, 5) is 28.7. The number of carbonyl (C=O) groups is 2. The predicted molar refractivity (Wildman–Crippen MR) is 106 cm³/mol.